The molecule has 0 saturated carbocycles. The molecule has 0 bridgehead atoms. The second-order valence-corrected chi connectivity index (χ2v) is 9.06. The van der Waals surface area contributed by atoms with Crippen molar-refractivity contribution in [2.75, 3.05) is 58.2 Å². The van der Waals surface area contributed by atoms with Gasteiger partial charge in [-0.1, -0.05) is 18.2 Å². The number of aliphatic imine (C=N–C) groups is 1. The van der Waals surface area contributed by atoms with Gasteiger partial charge in [-0.2, -0.15) is 0 Å². The van der Waals surface area contributed by atoms with E-state index in [-0.39, 0.29) is 24.0 Å². The maximum atomic E-state index is 10.8. The van der Waals surface area contributed by atoms with Crippen molar-refractivity contribution in [3.8, 4) is 0 Å². The van der Waals surface area contributed by atoms with Crippen molar-refractivity contribution in [2.45, 2.75) is 23.8 Å². The molecule has 1 aliphatic heterocycles. The lowest BCUT2D eigenvalue weighted by Crippen LogP contribution is -2.48. The molecule has 2 heterocycles. The van der Waals surface area contributed by atoms with Crippen LogP contribution in [-0.2, 0) is 11.2 Å². The smallest absolute Gasteiger partial charge is 0.191 e. The highest BCUT2D eigenvalue weighted by Gasteiger charge is 2.25. The summed E-state index contributed by atoms with van der Waals surface area (Å²) < 4.78 is 10.8. The number of β-amino-alcohol motifs (C(OH)–C–C–N with tert-alkyl or cyclic N) is 1. The van der Waals surface area contributed by atoms with Gasteiger partial charge in [-0.15, -0.1) is 35.7 Å². The van der Waals surface area contributed by atoms with Crippen LogP contribution in [0.3, 0.4) is 0 Å². The Hall–Kier alpha value is -1.27. The molecule has 1 fully saturated rings. The number of rotatable bonds is 11. The van der Waals surface area contributed by atoms with E-state index in [4.69, 9.17) is 9.15 Å². The number of benzene rings is 1. The Kier molecular flexibility index (Phi) is 12.5. The lowest BCUT2D eigenvalue weighted by Gasteiger charge is -2.33. The van der Waals surface area contributed by atoms with Crippen LogP contribution < -0.4 is 10.6 Å². The average Bonchev–Trinajstić information content (AvgIpc) is 3.29. The molecule has 0 radical (unpaired) electrons. The zero-order chi connectivity index (χ0) is 21.8. The Bertz CT molecular complexity index is 769. The molecule has 9 heteroatoms. The minimum atomic E-state index is -0.897. The largest absolute Gasteiger partial charge is 0.469 e. The molecule has 0 amide bonds. The summed E-state index contributed by atoms with van der Waals surface area (Å²) >= 11 is 1.80. The molecule has 1 aliphatic rings. The summed E-state index contributed by atoms with van der Waals surface area (Å²) in [5.41, 5.74) is -0.897. The van der Waals surface area contributed by atoms with Gasteiger partial charge in [0.25, 0.3) is 0 Å². The monoisotopic (exact) mass is 574 g/mol. The first-order valence-electron chi connectivity index (χ1n) is 10.9. The van der Waals surface area contributed by atoms with E-state index < -0.39 is 5.60 Å². The van der Waals surface area contributed by atoms with E-state index >= 15 is 0 Å². The molecule has 1 saturated heterocycles. The minimum absolute atomic E-state index is 0. The van der Waals surface area contributed by atoms with Crippen LogP contribution in [0.1, 0.15) is 12.7 Å². The van der Waals surface area contributed by atoms with Gasteiger partial charge in [-0.3, -0.25) is 9.89 Å². The van der Waals surface area contributed by atoms with Crippen molar-refractivity contribution in [1.29, 1.82) is 0 Å². The van der Waals surface area contributed by atoms with Gasteiger partial charge < -0.3 is 24.9 Å². The predicted octanol–water partition coefficient (Wildman–Crippen LogP) is 2.85. The van der Waals surface area contributed by atoms with Crippen LogP contribution in [0.15, 0.2) is 63.0 Å². The van der Waals surface area contributed by atoms with E-state index in [2.05, 4.69) is 44.8 Å². The zero-order valence-corrected chi connectivity index (χ0v) is 21.8. The van der Waals surface area contributed by atoms with Crippen LogP contribution in [0.2, 0.25) is 0 Å². The molecule has 3 rings (SSSR count). The molecule has 32 heavy (non-hydrogen) atoms. The SMILES string of the molecule is CC(O)(CN=C(NCCSc1ccccc1)NCCc1ccco1)CN1CCOCC1.I. The highest BCUT2D eigenvalue weighted by atomic mass is 127. The van der Waals surface area contributed by atoms with Gasteiger partial charge in [-0.05, 0) is 31.2 Å². The molecule has 1 atom stereocenters. The molecule has 1 aromatic heterocycles. The lowest BCUT2D eigenvalue weighted by atomic mass is 10.1. The number of nitrogens with zero attached hydrogens (tertiary/aromatic N) is 2. The molecule has 2 aromatic rings. The summed E-state index contributed by atoms with van der Waals surface area (Å²) in [4.78, 5) is 8.15. The predicted molar refractivity (Wildman–Crippen MR) is 141 cm³/mol. The number of ether oxygens (including phenoxy) is 1. The molecular weight excluding hydrogens is 539 g/mol. The lowest BCUT2D eigenvalue weighted by molar-refractivity contribution is -0.0179. The van der Waals surface area contributed by atoms with Crippen LogP contribution in [0.4, 0.5) is 0 Å². The van der Waals surface area contributed by atoms with Crippen molar-refractivity contribution in [3.05, 3.63) is 54.5 Å². The molecule has 178 valence electrons. The van der Waals surface area contributed by atoms with Crippen molar-refractivity contribution < 1.29 is 14.3 Å². The highest BCUT2D eigenvalue weighted by molar-refractivity contribution is 14.0. The summed E-state index contributed by atoms with van der Waals surface area (Å²) in [7, 11) is 0. The van der Waals surface area contributed by atoms with Gasteiger partial charge in [-0.25, -0.2) is 0 Å². The molecule has 0 aliphatic carbocycles. The molecule has 1 unspecified atom stereocenters. The first kappa shape index (κ1) is 27.0. The number of guanidine groups is 1. The summed E-state index contributed by atoms with van der Waals surface area (Å²) in [6.45, 7) is 7.38. The second-order valence-electron chi connectivity index (χ2n) is 7.89. The quantitative estimate of drug-likeness (QED) is 0.125. The summed E-state index contributed by atoms with van der Waals surface area (Å²) in [6, 6.07) is 14.2. The van der Waals surface area contributed by atoms with Gasteiger partial charge in [0.15, 0.2) is 5.96 Å². The van der Waals surface area contributed by atoms with E-state index in [0.717, 1.165) is 50.8 Å². The first-order chi connectivity index (χ1) is 15.1. The van der Waals surface area contributed by atoms with E-state index in [1.807, 2.05) is 25.1 Å². The van der Waals surface area contributed by atoms with Crippen molar-refractivity contribution in [1.82, 2.24) is 15.5 Å². The van der Waals surface area contributed by atoms with Gasteiger partial charge in [0, 0.05) is 49.8 Å². The van der Waals surface area contributed by atoms with E-state index in [0.29, 0.717) is 25.6 Å². The van der Waals surface area contributed by atoms with Gasteiger partial charge in [0.2, 0.25) is 0 Å². The number of hydrogen-bond donors (Lipinski definition) is 3. The first-order valence-corrected chi connectivity index (χ1v) is 11.8. The number of nitrogens with one attached hydrogen (secondary N) is 2. The minimum Gasteiger partial charge on any atom is -0.469 e. The number of aliphatic hydroxyl groups is 1. The Morgan fingerprint density at radius 1 is 1.12 bits per heavy atom. The zero-order valence-electron chi connectivity index (χ0n) is 18.7. The topological polar surface area (TPSA) is 82.3 Å². The van der Waals surface area contributed by atoms with Crippen LogP contribution in [0, 0.1) is 0 Å². The number of halogens is 1. The van der Waals surface area contributed by atoms with Crippen molar-refractivity contribution in [2.24, 2.45) is 4.99 Å². The van der Waals surface area contributed by atoms with E-state index in [9.17, 15) is 5.11 Å². The van der Waals surface area contributed by atoms with Crippen LogP contribution in [0.5, 0.6) is 0 Å². The number of furan rings is 1. The van der Waals surface area contributed by atoms with E-state index in [1.54, 1.807) is 18.0 Å². The maximum absolute atomic E-state index is 10.8. The standard InChI is InChI=1S/C23H34N4O3S.HI/c1-23(28,19-27-12-15-29-16-13-27)18-26-22(24-10-9-20-6-5-14-30-20)25-11-17-31-21-7-3-2-4-8-21;/h2-8,14,28H,9-13,15-19H2,1H3,(H2,24,25,26);1H. The fourth-order valence-corrected chi connectivity index (χ4v) is 4.12. The Balaban J connectivity index is 0.00000363. The second kappa shape index (κ2) is 14.8. The number of thioether (sulfide) groups is 1. The maximum Gasteiger partial charge on any atom is 0.191 e. The third-order valence-electron chi connectivity index (χ3n) is 4.90. The van der Waals surface area contributed by atoms with Crippen LogP contribution in [0.25, 0.3) is 0 Å². The third kappa shape index (κ3) is 10.6. The molecular formula is C23H35IN4O3S. The fourth-order valence-electron chi connectivity index (χ4n) is 3.33. The molecule has 1 aromatic carbocycles. The fraction of sp³-hybridized carbons (Fsp3) is 0.522. The third-order valence-corrected chi connectivity index (χ3v) is 5.91. The Morgan fingerprint density at radius 3 is 2.59 bits per heavy atom. The van der Waals surface area contributed by atoms with Crippen molar-refractivity contribution >= 4 is 41.7 Å². The van der Waals surface area contributed by atoms with Crippen LogP contribution in [-0.4, -0.2) is 79.8 Å². The summed E-state index contributed by atoms with van der Waals surface area (Å²) in [6.07, 6.45) is 2.46. The van der Waals surface area contributed by atoms with Gasteiger partial charge in [0.05, 0.1) is 31.6 Å². The normalized spacial score (nSPS) is 16.8. The summed E-state index contributed by atoms with van der Waals surface area (Å²) in [5, 5.41) is 17.6. The summed E-state index contributed by atoms with van der Waals surface area (Å²) in [5.74, 6) is 2.57. The number of hydrogen-bond acceptors (Lipinski definition) is 6. The van der Waals surface area contributed by atoms with Gasteiger partial charge in [0.1, 0.15) is 5.76 Å². The molecule has 7 nitrogen and oxygen atoms in total. The van der Waals surface area contributed by atoms with Crippen LogP contribution >= 0.6 is 35.7 Å². The Labute approximate surface area is 212 Å². The highest BCUT2D eigenvalue weighted by Crippen LogP contribution is 2.15. The molecule has 3 N–H and O–H groups in total. The average molecular weight is 575 g/mol. The number of morpholine rings is 1. The van der Waals surface area contributed by atoms with E-state index in [1.165, 1.54) is 4.90 Å². The van der Waals surface area contributed by atoms with Gasteiger partial charge >= 0.3 is 0 Å². The molecule has 0 spiro atoms. The van der Waals surface area contributed by atoms with Crippen molar-refractivity contribution in [3.63, 3.8) is 0 Å². The Morgan fingerprint density at radius 2 is 1.88 bits per heavy atom.